The lowest BCUT2D eigenvalue weighted by molar-refractivity contribution is 0.0347. The number of nitrogens with zero attached hydrogens (tertiary/aromatic N) is 2. The van der Waals surface area contributed by atoms with Gasteiger partial charge in [0.2, 0.25) is 0 Å². The first-order chi connectivity index (χ1) is 10.0. The maximum Gasteiger partial charge on any atom is 0.317 e. The Morgan fingerprint density at radius 2 is 2.24 bits per heavy atom. The molecule has 21 heavy (non-hydrogen) atoms. The number of thiophene rings is 1. The van der Waals surface area contributed by atoms with Crippen molar-refractivity contribution in [1.82, 2.24) is 15.1 Å². The zero-order valence-electron chi connectivity index (χ0n) is 12.5. The van der Waals surface area contributed by atoms with Crippen LogP contribution in [0, 0.1) is 0 Å². The number of carbonyl (C=O) groups excluding carboxylic acids is 1. The van der Waals surface area contributed by atoms with Crippen LogP contribution in [0.15, 0.2) is 12.1 Å². The normalized spacial score (nSPS) is 17.5. The number of ether oxygens (including phenoxy) is 1. The Morgan fingerprint density at radius 3 is 2.86 bits per heavy atom. The predicted molar refractivity (Wildman–Crippen MR) is 86.0 cm³/mol. The molecule has 1 saturated heterocycles. The fourth-order valence-electron chi connectivity index (χ4n) is 2.28. The van der Waals surface area contributed by atoms with Gasteiger partial charge in [0, 0.05) is 37.6 Å². The van der Waals surface area contributed by atoms with Gasteiger partial charge in [0.1, 0.15) is 0 Å². The van der Waals surface area contributed by atoms with E-state index in [1.165, 1.54) is 11.3 Å². The molecule has 0 spiro atoms. The van der Waals surface area contributed by atoms with Crippen molar-refractivity contribution in [1.29, 1.82) is 0 Å². The summed E-state index contributed by atoms with van der Waals surface area (Å²) in [7, 11) is 1.80. The molecule has 0 bridgehead atoms. The molecule has 1 aromatic heterocycles. The summed E-state index contributed by atoms with van der Waals surface area (Å²) in [5, 5.41) is 3.03. The number of rotatable bonds is 5. The molecule has 0 radical (unpaired) electrons. The van der Waals surface area contributed by atoms with Gasteiger partial charge in [-0.15, -0.1) is 11.3 Å². The molecule has 7 heteroatoms. The number of carbonyl (C=O) groups is 1. The summed E-state index contributed by atoms with van der Waals surface area (Å²) in [5.41, 5.74) is 0. The van der Waals surface area contributed by atoms with Crippen molar-refractivity contribution in [2.24, 2.45) is 0 Å². The molecule has 5 nitrogen and oxygen atoms in total. The number of amides is 2. The molecule has 2 amide bonds. The molecule has 1 atom stereocenters. The van der Waals surface area contributed by atoms with Gasteiger partial charge in [-0.25, -0.2) is 4.79 Å². The molecule has 0 saturated carbocycles. The monoisotopic (exact) mass is 331 g/mol. The summed E-state index contributed by atoms with van der Waals surface area (Å²) < 4.78 is 6.07. The van der Waals surface area contributed by atoms with E-state index in [-0.39, 0.29) is 12.1 Å². The van der Waals surface area contributed by atoms with Gasteiger partial charge in [-0.1, -0.05) is 11.6 Å². The topological polar surface area (TPSA) is 44.8 Å². The summed E-state index contributed by atoms with van der Waals surface area (Å²) in [6, 6.07) is 3.87. The van der Waals surface area contributed by atoms with Crippen molar-refractivity contribution in [2.45, 2.75) is 19.5 Å². The second-order valence-electron chi connectivity index (χ2n) is 5.33. The molecular weight excluding hydrogens is 310 g/mol. The first kappa shape index (κ1) is 16.5. The van der Waals surface area contributed by atoms with Crippen molar-refractivity contribution >= 4 is 29.0 Å². The largest absolute Gasteiger partial charge is 0.379 e. The Morgan fingerprint density at radius 1 is 1.52 bits per heavy atom. The molecule has 0 aliphatic carbocycles. The van der Waals surface area contributed by atoms with Crippen LogP contribution in [0.3, 0.4) is 0 Å². The highest BCUT2D eigenvalue weighted by molar-refractivity contribution is 7.16. The van der Waals surface area contributed by atoms with Crippen molar-refractivity contribution in [2.75, 3.05) is 39.9 Å². The van der Waals surface area contributed by atoms with Crippen LogP contribution in [0.1, 0.15) is 11.8 Å². The van der Waals surface area contributed by atoms with Gasteiger partial charge >= 0.3 is 6.03 Å². The van der Waals surface area contributed by atoms with Crippen molar-refractivity contribution in [3.05, 3.63) is 21.3 Å². The maximum absolute atomic E-state index is 12.1. The quantitative estimate of drug-likeness (QED) is 0.900. The third-order valence-electron chi connectivity index (χ3n) is 3.37. The van der Waals surface area contributed by atoms with Crippen LogP contribution < -0.4 is 5.32 Å². The molecule has 0 aromatic carbocycles. The highest BCUT2D eigenvalue weighted by Gasteiger charge is 2.17. The Kier molecular flexibility index (Phi) is 6.29. The third-order valence-corrected chi connectivity index (χ3v) is 4.59. The number of urea groups is 1. The van der Waals surface area contributed by atoms with Gasteiger partial charge in [0.05, 0.1) is 24.1 Å². The van der Waals surface area contributed by atoms with E-state index in [2.05, 4.69) is 10.2 Å². The minimum Gasteiger partial charge on any atom is -0.379 e. The fraction of sp³-hybridized carbons (Fsp3) is 0.643. The Balaban J connectivity index is 1.74. The summed E-state index contributed by atoms with van der Waals surface area (Å²) in [4.78, 5) is 17.2. The van der Waals surface area contributed by atoms with Crippen LogP contribution in [-0.2, 0) is 11.3 Å². The van der Waals surface area contributed by atoms with E-state index < -0.39 is 0 Å². The predicted octanol–water partition coefficient (Wildman–Crippen LogP) is 2.26. The van der Waals surface area contributed by atoms with Crippen LogP contribution in [0.4, 0.5) is 4.79 Å². The van der Waals surface area contributed by atoms with Crippen LogP contribution >= 0.6 is 22.9 Å². The van der Waals surface area contributed by atoms with Gasteiger partial charge in [-0.2, -0.15) is 0 Å². The average Bonchev–Trinajstić information content (AvgIpc) is 2.85. The van der Waals surface area contributed by atoms with Gasteiger partial charge in [-0.3, -0.25) is 4.90 Å². The zero-order valence-corrected chi connectivity index (χ0v) is 14.0. The molecule has 1 aromatic rings. The lowest BCUT2D eigenvalue weighted by Gasteiger charge is -2.30. The van der Waals surface area contributed by atoms with E-state index in [4.69, 9.17) is 16.3 Å². The van der Waals surface area contributed by atoms with Gasteiger partial charge in [0.25, 0.3) is 0 Å². The Bertz CT molecular complexity index is 463. The van der Waals surface area contributed by atoms with E-state index in [1.807, 2.05) is 19.1 Å². The fourth-order valence-corrected chi connectivity index (χ4v) is 3.42. The first-order valence-electron chi connectivity index (χ1n) is 7.10. The van der Waals surface area contributed by atoms with E-state index >= 15 is 0 Å². The van der Waals surface area contributed by atoms with E-state index in [0.29, 0.717) is 6.54 Å². The summed E-state index contributed by atoms with van der Waals surface area (Å²) in [6.07, 6.45) is 0. The molecule has 1 aliphatic heterocycles. The highest BCUT2D eigenvalue weighted by atomic mass is 35.5. The van der Waals surface area contributed by atoms with Gasteiger partial charge < -0.3 is 15.0 Å². The number of nitrogens with one attached hydrogen (secondary N) is 1. The SMILES string of the molecule is C[C@@H](CN1CCOCC1)NC(=O)N(C)Cc1ccc(Cl)s1. The van der Waals surface area contributed by atoms with Crippen molar-refractivity contribution in [3.8, 4) is 0 Å². The van der Waals surface area contributed by atoms with E-state index in [1.54, 1.807) is 11.9 Å². The van der Waals surface area contributed by atoms with Crippen LogP contribution in [-0.4, -0.2) is 61.8 Å². The second-order valence-corrected chi connectivity index (χ2v) is 7.13. The number of hydrogen-bond donors (Lipinski definition) is 1. The van der Waals surface area contributed by atoms with Gasteiger partial charge in [-0.05, 0) is 19.1 Å². The number of hydrogen-bond acceptors (Lipinski definition) is 4. The molecule has 1 aliphatic rings. The average molecular weight is 332 g/mol. The Labute approximate surface area is 134 Å². The zero-order chi connectivity index (χ0) is 15.2. The third kappa shape index (κ3) is 5.47. The lowest BCUT2D eigenvalue weighted by Crippen LogP contribution is -2.48. The van der Waals surface area contributed by atoms with Crippen LogP contribution in [0.2, 0.25) is 4.34 Å². The van der Waals surface area contributed by atoms with Crippen molar-refractivity contribution in [3.63, 3.8) is 0 Å². The smallest absolute Gasteiger partial charge is 0.317 e. The lowest BCUT2D eigenvalue weighted by atomic mass is 10.3. The summed E-state index contributed by atoms with van der Waals surface area (Å²) >= 11 is 7.40. The molecular formula is C14H22ClN3O2S. The van der Waals surface area contributed by atoms with E-state index in [0.717, 1.165) is 42.1 Å². The van der Waals surface area contributed by atoms with E-state index in [9.17, 15) is 4.79 Å². The Hall–Kier alpha value is -0.820. The minimum atomic E-state index is -0.0553. The molecule has 118 valence electrons. The number of morpholine rings is 1. The van der Waals surface area contributed by atoms with Crippen LogP contribution in [0.25, 0.3) is 0 Å². The maximum atomic E-state index is 12.1. The standard InChI is InChI=1S/C14H22ClN3O2S/c1-11(9-18-5-7-20-8-6-18)16-14(19)17(2)10-12-3-4-13(15)21-12/h3-4,11H,5-10H2,1-2H3,(H,16,19)/t11-/m0/s1. The highest BCUT2D eigenvalue weighted by Crippen LogP contribution is 2.22. The molecule has 2 heterocycles. The summed E-state index contributed by atoms with van der Waals surface area (Å²) in [6.45, 7) is 6.89. The number of halogens is 1. The summed E-state index contributed by atoms with van der Waals surface area (Å²) in [5.74, 6) is 0. The molecule has 2 rings (SSSR count). The molecule has 0 unspecified atom stereocenters. The molecule has 1 N–H and O–H groups in total. The van der Waals surface area contributed by atoms with Crippen LogP contribution in [0.5, 0.6) is 0 Å². The second kappa shape index (κ2) is 7.98. The first-order valence-corrected chi connectivity index (χ1v) is 8.30. The van der Waals surface area contributed by atoms with Crippen molar-refractivity contribution < 1.29 is 9.53 Å². The minimum absolute atomic E-state index is 0.0553. The van der Waals surface area contributed by atoms with Gasteiger partial charge in [0.15, 0.2) is 0 Å². The molecule has 1 fully saturated rings.